The smallest absolute Gasteiger partial charge is 0.260 e. The van der Waals surface area contributed by atoms with Gasteiger partial charge in [-0.15, -0.1) is 11.3 Å². The van der Waals surface area contributed by atoms with Crippen LogP contribution < -0.4 is 10.1 Å². The lowest BCUT2D eigenvalue weighted by Gasteiger charge is -2.13. The highest BCUT2D eigenvalue weighted by molar-refractivity contribution is 7.18. The van der Waals surface area contributed by atoms with E-state index in [-0.39, 0.29) is 5.91 Å². The molecule has 3 rings (SSSR count). The molecule has 0 aliphatic rings. The quantitative estimate of drug-likeness (QED) is 0.756. The zero-order valence-electron chi connectivity index (χ0n) is 12.7. The fourth-order valence-electron chi connectivity index (χ4n) is 2.14. The molecular formula is C17H17N3O2S. The molecule has 118 valence electrons. The molecule has 2 aromatic heterocycles. The van der Waals surface area contributed by atoms with Crippen molar-refractivity contribution in [2.45, 2.75) is 19.4 Å². The van der Waals surface area contributed by atoms with E-state index in [1.807, 2.05) is 18.2 Å². The topological polar surface area (TPSA) is 64.1 Å². The van der Waals surface area contributed by atoms with Gasteiger partial charge in [0.25, 0.3) is 5.91 Å². The number of aromatic nitrogens is 2. The third kappa shape index (κ3) is 4.04. The van der Waals surface area contributed by atoms with Crippen LogP contribution in [0.1, 0.15) is 11.9 Å². The lowest BCUT2D eigenvalue weighted by atomic mass is 10.3. The number of hydrogen-bond donors (Lipinski definition) is 1. The highest BCUT2D eigenvalue weighted by atomic mass is 32.1. The predicted octanol–water partition coefficient (Wildman–Crippen LogP) is 2.82. The maximum Gasteiger partial charge on any atom is 0.260 e. The third-order valence-corrected chi connectivity index (χ3v) is 4.39. The highest BCUT2D eigenvalue weighted by Crippen LogP contribution is 2.21. The van der Waals surface area contributed by atoms with Gasteiger partial charge in [-0.2, -0.15) is 0 Å². The normalized spacial score (nSPS) is 12.0. The van der Waals surface area contributed by atoms with Gasteiger partial charge in [-0.1, -0.05) is 12.1 Å². The molecule has 23 heavy (non-hydrogen) atoms. The number of benzene rings is 1. The minimum Gasteiger partial charge on any atom is -0.479 e. The summed E-state index contributed by atoms with van der Waals surface area (Å²) in [6.07, 6.45) is 3.40. The van der Waals surface area contributed by atoms with Crippen LogP contribution in [0.25, 0.3) is 10.2 Å². The number of hydrogen-bond acceptors (Lipinski definition) is 5. The van der Waals surface area contributed by atoms with E-state index in [0.717, 1.165) is 10.5 Å². The molecule has 0 bridgehead atoms. The first-order chi connectivity index (χ1) is 11.2. The molecule has 6 heteroatoms. The number of amides is 1. The van der Waals surface area contributed by atoms with Crippen LogP contribution in [0.2, 0.25) is 0 Å². The second kappa shape index (κ2) is 7.19. The van der Waals surface area contributed by atoms with Crippen molar-refractivity contribution in [3.63, 3.8) is 0 Å². The maximum absolute atomic E-state index is 12.0. The number of pyridine rings is 1. The average Bonchev–Trinajstić information content (AvgIpc) is 2.98. The van der Waals surface area contributed by atoms with Gasteiger partial charge in [-0.05, 0) is 31.2 Å². The summed E-state index contributed by atoms with van der Waals surface area (Å²) in [5.41, 5.74) is 1.01. The molecule has 0 aliphatic heterocycles. The van der Waals surface area contributed by atoms with Crippen molar-refractivity contribution in [2.75, 3.05) is 6.54 Å². The van der Waals surface area contributed by atoms with E-state index in [1.54, 1.807) is 42.8 Å². The summed E-state index contributed by atoms with van der Waals surface area (Å²) in [6.45, 7) is 2.26. The first-order valence-electron chi connectivity index (χ1n) is 7.41. The van der Waals surface area contributed by atoms with Crippen LogP contribution in [0.5, 0.6) is 5.75 Å². The lowest BCUT2D eigenvalue weighted by Crippen LogP contribution is -2.37. The van der Waals surface area contributed by atoms with E-state index in [1.165, 1.54) is 4.70 Å². The summed E-state index contributed by atoms with van der Waals surface area (Å²) < 4.78 is 6.71. The van der Waals surface area contributed by atoms with Gasteiger partial charge in [-0.3, -0.25) is 9.78 Å². The third-order valence-electron chi connectivity index (χ3n) is 3.29. The number of thiazole rings is 1. The van der Waals surface area contributed by atoms with Gasteiger partial charge in [-0.25, -0.2) is 4.98 Å². The summed E-state index contributed by atoms with van der Waals surface area (Å²) in [5.74, 6) is 0.441. The number of carbonyl (C=O) groups excluding carboxylic acids is 1. The number of ether oxygens (including phenoxy) is 1. The van der Waals surface area contributed by atoms with E-state index in [9.17, 15) is 4.79 Å². The van der Waals surface area contributed by atoms with Gasteiger partial charge >= 0.3 is 0 Å². The Hall–Kier alpha value is -2.47. The van der Waals surface area contributed by atoms with Gasteiger partial charge in [0, 0.05) is 19.2 Å². The molecule has 1 atom stereocenters. The van der Waals surface area contributed by atoms with Crippen molar-refractivity contribution in [3.05, 3.63) is 53.8 Å². The number of carbonyl (C=O) groups is 1. The number of para-hydroxylation sites is 1. The van der Waals surface area contributed by atoms with Crippen molar-refractivity contribution in [1.29, 1.82) is 0 Å². The van der Waals surface area contributed by atoms with E-state index >= 15 is 0 Å². The van der Waals surface area contributed by atoms with Crippen LogP contribution in [0, 0.1) is 0 Å². The highest BCUT2D eigenvalue weighted by Gasteiger charge is 2.14. The largest absolute Gasteiger partial charge is 0.479 e. The van der Waals surface area contributed by atoms with E-state index in [0.29, 0.717) is 18.7 Å². The number of fused-ring (bicyclic) bond motifs is 1. The molecule has 2 heterocycles. The lowest BCUT2D eigenvalue weighted by molar-refractivity contribution is -0.127. The SMILES string of the molecule is C[C@@H](Oc1cccnc1)C(=O)NCCc1nc2ccccc2s1. The fraction of sp³-hybridized carbons (Fsp3) is 0.235. The van der Waals surface area contributed by atoms with Crippen LogP contribution in [-0.2, 0) is 11.2 Å². The van der Waals surface area contributed by atoms with Gasteiger partial charge < -0.3 is 10.1 Å². The van der Waals surface area contributed by atoms with Crippen LogP contribution >= 0.6 is 11.3 Å². The molecule has 0 saturated carbocycles. The second-order valence-electron chi connectivity index (χ2n) is 5.07. The van der Waals surface area contributed by atoms with Crippen LogP contribution in [0.4, 0.5) is 0 Å². The Morgan fingerprint density at radius 1 is 1.30 bits per heavy atom. The number of nitrogens with zero attached hydrogens (tertiary/aromatic N) is 2. The minimum atomic E-state index is -0.561. The first-order valence-corrected chi connectivity index (χ1v) is 8.23. The molecule has 0 fully saturated rings. The van der Waals surface area contributed by atoms with Crippen LogP contribution in [-0.4, -0.2) is 28.5 Å². The summed E-state index contributed by atoms with van der Waals surface area (Å²) in [6, 6.07) is 11.6. The summed E-state index contributed by atoms with van der Waals surface area (Å²) in [4.78, 5) is 20.5. The molecule has 0 spiro atoms. The Kier molecular flexibility index (Phi) is 4.83. The zero-order valence-corrected chi connectivity index (χ0v) is 13.5. The molecule has 0 aliphatic carbocycles. The molecule has 1 aromatic carbocycles. The monoisotopic (exact) mass is 327 g/mol. The number of rotatable bonds is 6. The van der Waals surface area contributed by atoms with Crippen molar-refractivity contribution in [3.8, 4) is 5.75 Å². The predicted molar refractivity (Wildman–Crippen MR) is 90.7 cm³/mol. The molecule has 1 N–H and O–H groups in total. The van der Waals surface area contributed by atoms with Crippen molar-refractivity contribution in [1.82, 2.24) is 15.3 Å². The number of nitrogens with one attached hydrogen (secondary N) is 1. The van der Waals surface area contributed by atoms with E-state index in [4.69, 9.17) is 4.74 Å². The van der Waals surface area contributed by atoms with E-state index < -0.39 is 6.10 Å². The Morgan fingerprint density at radius 2 is 2.17 bits per heavy atom. The van der Waals surface area contributed by atoms with Crippen molar-refractivity contribution < 1.29 is 9.53 Å². The van der Waals surface area contributed by atoms with Gasteiger partial charge in [0.05, 0.1) is 21.4 Å². The molecule has 5 nitrogen and oxygen atoms in total. The van der Waals surface area contributed by atoms with Gasteiger partial charge in [0.2, 0.25) is 0 Å². The summed E-state index contributed by atoms with van der Waals surface area (Å²) in [7, 11) is 0. The van der Waals surface area contributed by atoms with E-state index in [2.05, 4.69) is 21.4 Å². The molecule has 3 aromatic rings. The maximum atomic E-state index is 12.0. The molecule has 0 saturated heterocycles. The molecule has 1 amide bonds. The Morgan fingerprint density at radius 3 is 2.96 bits per heavy atom. The Bertz CT molecular complexity index is 756. The Labute approximate surface area is 138 Å². The second-order valence-corrected chi connectivity index (χ2v) is 6.18. The molecule has 0 unspecified atom stereocenters. The van der Waals surface area contributed by atoms with Crippen molar-refractivity contribution >= 4 is 27.5 Å². The zero-order chi connectivity index (χ0) is 16.1. The minimum absolute atomic E-state index is 0.144. The Balaban J connectivity index is 1.48. The summed E-state index contributed by atoms with van der Waals surface area (Å²) >= 11 is 1.66. The average molecular weight is 327 g/mol. The van der Waals surface area contributed by atoms with Gasteiger partial charge in [0.15, 0.2) is 6.10 Å². The molecule has 0 radical (unpaired) electrons. The van der Waals surface area contributed by atoms with Crippen molar-refractivity contribution in [2.24, 2.45) is 0 Å². The summed E-state index contributed by atoms with van der Waals surface area (Å²) in [5, 5.41) is 3.90. The fourth-order valence-corrected chi connectivity index (χ4v) is 3.10. The van der Waals surface area contributed by atoms with Crippen LogP contribution in [0.3, 0.4) is 0 Å². The molecular weight excluding hydrogens is 310 g/mol. The standard InChI is InChI=1S/C17H17N3O2S/c1-12(22-13-5-4-9-18-11-13)17(21)19-10-8-16-20-14-6-2-3-7-15(14)23-16/h2-7,9,11-12H,8,10H2,1H3,(H,19,21)/t12-/m1/s1. The van der Waals surface area contributed by atoms with Gasteiger partial charge in [0.1, 0.15) is 5.75 Å². The first kappa shape index (κ1) is 15.4. The van der Waals surface area contributed by atoms with Crippen LogP contribution in [0.15, 0.2) is 48.8 Å².